The lowest BCUT2D eigenvalue weighted by Gasteiger charge is -2.59. The van der Waals surface area contributed by atoms with Crippen LogP contribution in [0.5, 0.6) is 0 Å². The Morgan fingerprint density at radius 2 is 1.42 bits per heavy atom. The predicted molar refractivity (Wildman–Crippen MR) is 121 cm³/mol. The molecule has 2 heterocycles. The molecule has 8 heteroatoms. The normalized spacial score (nSPS) is 24.1. The van der Waals surface area contributed by atoms with Crippen molar-refractivity contribution in [1.29, 1.82) is 0 Å². The van der Waals surface area contributed by atoms with Crippen LogP contribution in [0.1, 0.15) is 54.4 Å². The molecule has 2 fully saturated rings. The Hall–Kier alpha value is -1.74. The first-order chi connectivity index (χ1) is 14.2. The van der Waals surface area contributed by atoms with Gasteiger partial charge >= 0.3 is 0 Å². The molecule has 0 saturated carbocycles. The molecule has 2 saturated heterocycles. The van der Waals surface area contributed by atoms with E-state index in [0.29, 0.717) is 19.4 Å². The largest absolute Gasteiger partial charge is 0.358 e. The average molecular weight is 437 g/mol. The highest BCUT2D eigenvalue weighted by atomic mass is 16.7. The number of likely N-dealkylation sites (N-methyl/N-ethyl adjacent to an activating group) is 1. The SMILES string of the molecule is C=CCNC(=O)C(ON1C(C)(C)CC2(CC1(C)C)OCC(C)(C)N2C)C(=O)NCC=C. The van der Waals surface area contributed by atoms with E-state index in [0.717, 1.165) is 0 Å². The minimum Gasteiger partial charge on any atom is -0.358 e. The number of rotatable bonds is 8. The van der Waals surface area contributed by atoms with Crippen molar-refractivity contribution in [2.45, 2.75) is 82.8 Å². The second kappa shape index (κ2) is 9.02. The molecule has 2 N–H and O–H groups in total. The second-order valence-corrected chi connectivity index (χ2v) is 10.4. The number of hydrogen-bond acceptors (Lipinski definition) is 6. The summed E-state index contributed by atoms with van der Waals surface area (Å²) in [4.78, 5) is 34.0. The van der Waals surface area contributed by atoms with E-state index in [-0.39, 0.29) is 18.6 Å². The van der Waals surface area contributed by atoms with Crippen LogP contribution in [0, 0.1) is 0 Å². The third kappa shape index (κ3) is 5.19. The fourth-order valence-electron chi connectivity index (χ4n) is 4.91. The first kappa shape index (κ1) is 25.5. The molecule has 1 spiro atoms. The Bertz CT molecular complexity index is 674. The zero-order valence-corrected chi connectivity index (χ0v) is 20.2. The molecule has 0 atom stereocenters. The molecule has 0 unspecified atom stereocenters. The third-order valence-electron chi connectivity index (χ3n) is 6.26. The van der Waals surface area contributed by atoms with Crippen molar-refractivity contribution in [2.75, 3.05) is 26.7 Å². The number of piperidine rings is 1. The first-order valence-electron chi connectivity index (χ1n) is 10.8. The number of nitrogens with zero attached hydrogens (tertiary/aromatic N) is 2. The van der Waals surface area contributed by atoms with Gasteiger partial charge in [-0.1, -0.05) is 12.2 Å². The summed E-state index contributed by atoms with van der Waals surface area (Å²) in [5, 5.41) is 7.15. The zero-order valence-electron chi connectivity index (χ0n) is 20.2. The molecule has 31 heavy (non-hydrogen) atoms. The van der Waals surface area contributed by atoms with Crippen molar-refractivity contribution in [1.82, 2.24) is 20.6 Å². The van der Waals surface area contributed by atoms with Crippen molar-refractivity contribution in [2.24, 2.45) is 0 Å². The molecule has 0 bridgehead atoms. The van der Waals surface area contributed by atoms with Crippen molar-refractivity contribution < 1.29 is 19.2 Å². The summed E-state index contributed by atoms with van der Waals surface area (Å²) < 4.78 is 6.40. The van der Waals surface area contributed by atoms with Gasteiger partial charge in [-0.05, 0) is 48.6 Å². The summed E-state index contributed by atoms with van der Waals surface area (Å²) in [5.41, 5.74) is -1.53. The number of carbonyl (C=O) groups is 2. The van der Waals surface area contributed by atoms with Crippen LogP contribution in [-0.4, -0.2) is 77.0 Å². The molecule has 0 aromatic carbocycles. The van der Waals surface area contributed by atoms with Gasteiger partial charge in [0.15, 0.2) is 0 Å². The van der Waals surface area contributed by atoms with E-state index in [9.17, 15) is 9.59 Å². The number of ether oxygens (including phenoxy) is 1. The fraction of sp³-hybridized carbons (Fsp3) is 0.739. The monoisotopic (exact) mass is 436 g/mol. The number of hydrogen-bond donors (Lipinski definition) is 2. The van der Waals surface area contributed by atoms with Gasteiger partial charge in [0.1, 0.15) is 5.72 Å². The van der Waals surface area contributed by atoms with Gasteiger partial charge in [0.25, 0.3) is 11.8 Å². The summed E-state index contributed by atoms with van der Waals surface area (Å²) >= 11 is 0. The smallest absolute Gasteiger partial charge is 0.261 e. The molecular weight excluding hydrogens is 396 g/mol. The van der Waals surface area contributed by atoms with E-state index >= 15 is 0 Å². The summed E-state index contributed by atoms with van der Waals surface area (Å²) in [6.45, 7) is 20.9. The number of nitrogens with one attached hydrogen (secondary N) is 2. The molecule has 2 aliphatic rings. The zero-order chi connectivity index (χ0) is 23.7. The molecule has 0 radical (unpaired) electrons. The van der Waals surface area contributed by atoms with Gasteiger partial charge in [-0.25, -0.2) is 0 Å². The van der Waals surface area contributed by atoms with Crippen LogP contribution >= 0.6 is 0 Å². The molecule has 0 aromatic rings. The molecule has 2 amide bonds. The van der Waals surface area contributed by atoms with Crippen molar-refractivity contribution in [3.8, 4) is 0 Å². The van der Waals surface area contributed by atoms with E-state index in [2.05, 4.69) is 77.3 Å². The number of amides is 2. The van der Waals surface area contributed by atoms with Crippen LogP contribution in [0.4, 0.5) is 0 Å². The van der Waals surface area contributed by atoms with Crippen molar-refractivity contribution in [3.63, 3.8) is 0 Å². The topological polar surface area (TPSA) is 83.1 Å². The van der Waals surface area contributed by atoms with Gasteiger partial charge < -0.3 is 15.4 Å². The lowest BCUT2D eigenvalue weighted by molar-refractivity contribution is -0.326. The molecule has 0 aliphatic carbocycles. The number of hydroxylamine groups is 2. The van der Waals surface area contributed by atoms with Crippen LogP contribution < -0.4 is 10.6 Å². The van der Waals surface area contributed by atoms with Gasteiger partial charge in [-0.3, -0.25) is 19.3 Å². The quantitative estimate of drug-likeness (QED) is 0.447. The standard InChI is InChI=1S/C23H40N4O4/c1-10-12-24-18(28)17(19(29)25-13-11-2)31-27-20(3,4)14-23(15-21(27,5)6)26(9)22(7,8)16-30-23/h10-11,17H,1-2,12-16H2,3-9H3,(H,24,28)(H,25,29). The maximum atomic E-state index is 12.8. The average Bonchev–Trinajstić information content (AvgIpc) is 2.86. The maximum absolute atomic E-state index is 12.8. The molecule has 2 rings (SSSR count). The molecule has 2 aliphatic heterocycles. The molecular formula is C23H40N4O4. The summed E-state index contributed by atoms with van der Waals surface area (Å²) in [5.74, 6) is -1.02. The Balaban J connectivity index is 2.32. The highest BCUT2D eigenvalue weighted by Crippen LogP contribution is 2.51. The van der Waals surface area contributed by atoms with Crippen molar-refractivity contribution >= 4 is 11.8 Å². The van der Waals surface area contributed by atoms with E-state index in [1.807, 2.05) is 0 Å². The highest BCUT2D eigenvalue weighted by molar-refractivity contribution is 6.03. The Labute approximate surface area is 187 Å². The van der Waals surface area contributed by atoms with Gasteiger partial charge in [-0.2, -0.15) is 5.06 Å². The summed E-state index contributed by atoms with van der Waals surface area (Å²) in [6, 6.07) is 0. The van der Waals surface area contributed by atoms with E-state index in [1.165, 1.54) is 0 Å². The maximum Gasteiger partial charge on any atom is 0.261 e. The fourth-order valence-corrected chi connectivity index (χ4v) is 4.91. The van der Waals surface area contributed by atoms with Crippen LogP contribution in [0.3, 0.4) is 0 Å². The Kier molecular flexibility index (Phi) is 7.42. The third-order valence-corrected chi connectivity index (χ3v) is 6.26. The van der Waals surface area contributed by atoms with Crippen LogP contribution in [0.15, 0.2) is 25.3 Å². The van der Waals surface area contributed by atoms with Gasteiger partial charge in [0.05, 0.1) is 6.61 Å². The highest BCUT2D eigenvalue weighted by Gasteiger charge is 2.61. The van der Waals surface area contributed by atoms with Crippen LogP contribution in [-0.2, 0) is 19.2 Å². The minimum absolute atomic E-state index is 0.0765. The van der Waals surface area contributed by atoms with Gasteiger partial charge in [0, 0.05) is 42.5 Å². The second-order valence-electron chi connectivity index (χ2n) is 10.4. The van der Waals surface area contributed by atoms with Crippen LogP contribution in [0.2, 0.25) is 0 Å². The lowest BCUT2D eigenvalue weighted by atomic mass is 9.75. The predicted octanol–water partition coefficient (Wildman–Crippen LogP) is 1.98. The molecule has 176 valence electrons. The van der Waals surface area contributed by atoms with E-state index in [1.54, 1.807) is 17.2 Å². The summed E-state index contributed by atoms with van der Waals surface area (Å²) in [6.07, 6.45) is 3.12. The van der Waals surface area contributed by atoms with Gasteiger partial charge in [-0.15, -0.1) is 13.2 Å². The lowest BCUT2D eigenvalue weighted by Crippen LogP contribution is -2.70. The van der Waals surface area contributed by atoms with Gasteiger partial charge in [0.2, 0.25) is 6.10 Å². The first-order valence-corrected chi connectivity index (χ1v) is 10.8. The minimum atomic E-state index is -1.33. The Morgan fingerprint density at radius 3 is 1.77 bits per heavy atom. The van der Waals surface area contributed by atoms with Crippen molar-refractivity contribution in [3.05, 3.63) is 25.3 Å². The number of carbonyl (C=O) groups excluding carboxylic acids is 2. The Morgan fingerprint density at radius 1 is 0.968 bits per heavy atom. The summed E-state index contributed by atoms with van der Waals surface area (Å²) in [7, 11) is 2.10. The molecule has 8 nitrogen and oxygen atoms in total. The van der Waals surface area contributed by atoms with E-state index < -0.39 is 34.7 Å². The van der Waals surface area contributed by atoms with Crippen LogP contribution in [0.25, 0.3) is 0 Å². The molecule has 0 aromatic heterocycles. The van der Waals surface area contributed by atoms with E-state index in [4.69, 9.17) is 9.57 Å².